The fourth-order valence-electron chi connectivity index (χ4n) is 3.91. The highest BCUT2D eigenvalue weighted by atomic mass is 16.4. The Balaban J connectivity index is 2.11. The predicted octanol–water partition coefficient (Wildman–Crippen LogP) is 1.75. The highest BCUT2D eigenvalue weighted by Gasteiger charge is 2.63. The monoisotopic (exact) mass is 226 g/mol. The summed E-state index contributed by atoms with van der Waals surface area (Å²) in [6, 6.07) is 0.167. The molecule has 92 valence electrons. The molecule has 2 rings (SSSR count). The molecule has 1 heterocycles. The summed E-state index contributed by atoms with van der Waals surface area (Å²) in [6.45, 7) is 7.84. The van der Waals surface area contributed by atoms with E-state index in [9.17, 15) is 4.79 Å². The van der Waals surface area contributed by atoms with E-state index < -0.39 is 6.09 Å². The zero-order valence-electron chi connectivity index (χ0n) is 10.4. The van der Waals surface area contributed by atoms with Crippen molar-refractivity contribution in [1.29, 1.82) is 0 Å². The van der Waals surface area contributed by atoms with Gasteiger partial charge in [0, 0.05) is 18.0 Å². The number of hydrogen-bond donors (Lipinski definition) is 2. The van der Waals surface area contributed by atoms with Crippen LogP contribution in [0.25, 0.3) is 0 Å². The molecule has 0 radical (unpaired) electrons. The summed E-state index contributed by atoms with van der Waals surface area (Å²) in [6.07, 6.45) is 1.44. The number of likely N-dealkylation sites (tertiary alicyclic amines) is 1. The molecule has 1 atom stereocenters. The van der Waals surface area contributed by atoms with E-state index in [1.807, 2.05) is 0 Å². The van der Waals surface area contributed by atoms with E-state index in [1.54, 1.807) is 4.90 Å². The lowest BCUT2D eigenvalue weighted by atomic mass is 9.49. The number of nitrogens with zero attached hydrogens (tertiary/aromatic N) is 1. The van der Waals surface area contributed by atoms with Gasteiger partial charge in [-0.25, -0.2) is 4.79 Å². The lowest BCUT2D eigenvalue weighted by Crippen LogP contribution is -2.74. The first-order valence-electron chi connectivity index (χ1n) is 6.00. The van der Waals surface area contributed by atoms with E-state index in [1.165, 1.54) is 0 Å². The summed E-state index contributed by atoms with van der Waals surface area (Å²) >= 11 is 0. The SMILES string of the molecule is CC(C)(C)C1N(C(=O)O)CC12CC(CN)C2. The van der Waals surface area contributed by atoms with E-state index in [4.69, 9.17) is 10.8 Å². The summed E-state index contributed by atoms with van der Waals surface area (Å²) < 4.78 is 0. The first-order chi connectivity index (χ1) is 7.30. The second kappa shape index (κ2) is 3.36. The number of carbonyl (C=O) groups is 1. The first-order valence-corrected chi connectivity index (χ1v) is 6.00. The maximum Gasteiger partial charge on any atom is 0.407 e. The van der Waals surface area contributed by atoms with Crippen LogP contribution in [-0.4, -0.2) is 35.2 Å². The molecular weight excluding hydrogens is 204 g/mol. The van der Waals surface area contributed by atoms with Gasteiger partial charge in [0.05, 0.1) is 0 Å². The quantitative estimate of drug-likeness (QED) is 0.716. The van der Waals surface area contributed by atoms with Crippen molar-refractivity contribution in [2.24, 2.45) is 22.5 Å². The van der Waals surface area contributed by atoms with Crippen molar-refractivity contribution in [1.82, 2.24) is 4.90 Å². The lowest BCUT2D eigenvalue weighted by molar-refractivity contribution is -0.170. The topological polar surface area (TPSA) is 66.6 Å². The van der Waals surface area contributed by atoms with Gasteiger partial charge in [-0.1, -0.05) is 20.8 Å². The van der Waals surface area contributed by atoms with Crippen LogP contribution in [0.3, 0.4) is 0 Å². The third kappa shape index (κ3) is 1.51. The summed E-state index contributed by atoms with van der Waals surface area (Å²) in [5, 5.41) is 9.14. The molecule has 1 aliphatic heterocycles. The normalized spacial score (nSPS) is 38.1. The molecule has 1 unspecified atom stereocenters. The fraction of sp³-hybridized carbons (Fsp3) is 0.917. The van der Waals surface area contributed by atoms with Gasteiger partial charge in [-0.2, -0.15) is 0 Å². The number of amides is 1. The van der Waals surface area contributed by atoms with E-state index in [-0.39, 0.29) is 16.9 Å². The smallest absolute Gasteiger partial charge is 0.407 e. The van der Waals surface area contributed by atoms with Crippen LogP contribution in [0.1, 0.15) is 33.6 Å². The molecule has 3 N–H and O–H groups in total. The highest BCUT2D eigenvalue weighted by molar-refractivity contribution is 5.67. The molecule has 0 bridgehead atoms. The number of nitrogens with two attached hydrogens (primary N) is 1. The maximum atomic E-state index is 11.1. The summed E-state index contributed by atoms with van der Waals surface area (Å²) in [5.74, 6) is 0.612. The molecule has 16 heavy (non-hydrogen) atoms. The largest absolute Gasteiger partial charge is 0.465 e. The van der Waals surface area contributed by atoms with E-state index >= 15 is 0 Å². The molecular formula is C12H22N2O2. The van der Waals surface area contributed by atoms with Crippen LogP contribution in [0.4, 0.5) is 4.79 Å². The molecule has 1 saturated heterocycles. The Morgan fingerprint density at radius 2 is 2.06 bits per heavy atom. The minimum absolute atomic E-state index is 0.0240. The molecule has 2 aliphatic rings. The van der Waals surface area contributed by atoms with Crippen LogP contribution in [-0.2, 0) is 0 Å². The Bertz CT molecular complexity index is 303. The average Bonchev–Trinajstić information content (AvgIpc) is 1.95. The molecule has 2 fully saturated rings. The Morgan fingerprint density at radius 3 is 2.44 bits per heavy atom. The molecule has 1 spiro atoms. The van der Waals surface area contributed by atoms with Crippen LogP contribution in [0.5, 0.6) is 0 Å². The van der Waals surface area contributed by atoms with E-state index in [0.717, 1.165) is 19.4 Å². The Kier molecular flexibility index (Phi) is 2.46. The second-order valence-electron chi connectivity index (χ2n) is 6.55. The summed E-state index contributed by atoms with van der Waals surface area (Å²) in [4.78, 5) is 12.7. The third-order valence-electron chi connectivity index (χ3n) is 4.17. The predicted molar refractivity (Wildman–Crippen MR) is 62.2 cm³/mol. The minimum Gasteiger partial charge on any atom is -0.465 e. The van der Waals surface area contributed by atoms with Gasteiger partial charge in [0.15, 0.2) is 0 Å². The molecule has 4 heteroatoms. The molecule has 0 aromatic rings. The molecule has 1 saturated carbocycles. The third-order valence-corrected chi connectivity index (χ3v) is 4.17. The van der Waals surface area contributed by atoms with Crippen molar-refractivity contribution in [3.8, 4) is 0 Å². The summed E-state index contributed by atoms with van der Waals surface area (Å²) in [7, 11) is 0. The maximum absolute atomic E-state index is 11.1. The Hall–Kier alpha value is -0.770. The van der Waals surface area contributed by atoms with Gasteiger partial charge in [-0.3, -0.25) is 0 Å². The first kappa shape index (κ1) is 11.7. The van der Waals surface area contributed by atoms with Crippen LogP contribution in [0, 0.1) is 16.7 Å². The van der Waals surface area contributed by atoms with Crippen LogP contribution >= 0.6 is 0 Å². The Morgan fingerprint density at radius 1 is 1.50 bits per heavy atom. The van der Waals surface area contributed by atoms with Gasteiger partial charge >= 0.3 is 6.09 Å². The number of rotatable bonds is 1. The standard InChI is InChI=1S/C12H22N2O2/c1-11(2,3)9-12(4-8(5-12)6-13)7-14(9)10(15)16/h8-9H,4-7,13H2,1-3H3,(H,15,16). The zero-order valence-corrected chi connectivity index (χ0v) is 10.4. The van der Waals surface area contributed by atoms with E-state index in [0.29, 0.717) is 12.5 Å². The van der Waals surface area contributed by atoms with Crippen molar-refractivity contribution >= 4 is 6.09 Å². The van der Waals surface area contributed by atoms with Crippen molar-refractivity contribution < 1.29 is 9.90 Å². The molecule has 1 amide bonds. The van der Waals surface area contributed by atoms with Gasteiger partial charge in [-0.05, 0) is 30.7 Å². The van der Waals surface area contributed by atoms with Crippen LogP contribution < -0.4 is 5.73 Å². The molecule has 0 aromatic carbocycles. The van der Waals surface area contributed by atoms with E-state index in [2.05, 4.69) is 20.8 Å². The van der Waals surface area contributed by atoms with Gasteiger partial charge < -0.3 is 15.7 Å². The molecule has 0 aromatic heterocycles. The van der Waals surface area contributed by atoms with Gasteiger partial charge in [0.25, 0.3) is 0 Å². The van der Waals surface area contributed by atoms with Crippen LogP contribution in [0.15, 0.2) is 0 Å². The van der Waals surface area contributed by atoms with Gasteiger partial charge in [-0.15, -0.1) is 0 Å². The van der Waals surface area contributed by atoms with Crippen molar-refractivity contribution in [2.75, 3.05) is 13.1 Å². The zero-order chi connectivity index (χ0) is 12.1. The van der Waals surface area contributed by atoms with Gasteiger partial charge in [0.2, 0.25) is 0 Å². The minimum atomic E-state index is -0.776. The van der Waals surface area contributed by atoms with Gasteiger partial charge in [0.1, 0.15) is 0 Å². The van der Waals surface area contributed by atoms with Crippen LogP contribution in [0.2, 0.25) is 0 Å². The number of carboxylic acid groups (broad SMARTS) is 1. The van der Waals surface area contributed by atoms with Crippen molar-refractivity contribution in [3.63, 3.8) is 0 Å². The fourth-order valence-corrected chi connectivity index (χ4v) is 3.91. The Labute approximate surface area is 96.8 Å². The molecule has 1 aliphatic carbocycles. The molecule has 4 nitrogen and oxygen atoms in total. The summed E-state index contributed by atoms with van der Waals surface area (Å²) in [5.41, 5.74) is 5.91. The van der Waals surface area contributed by atoms with Crippen molar-refractivity contribution in [2.45, 2.75) is 39.7 Å². The average molecular weight is 226 g/mol. The highest BCUT2D eigenvalue weighted by Crippen LogP contribution is 2.60. The second-order valence-corrected chi connectivity index (χ2v) is 6.55. The van der Waals surface area contributed by atoms with Crippen molar-refractivity contribution in [3.05, 3.63) is 0 Å². The number of hydrogen-bond acceptors (Lipinski definition) is 2. The lowest BCUT2D eigenvalue weighted by Gasteiger charge is -2.67.